The molecule has 0 unspecified atom stereocenters. The normalized spacial score (nSPS) is 10.7. The molecule has 0 spiro atoms. The van der Waals surface area contributed by atoms with Crippen molar-refractivity contribution in [1.29, 1.82) is 0 Å². The number of carbonyl (C=O) groups is 1. The van der Waals surface area contributed by atoms with Crippen LogP contribution in [0.3, 0.4) is 0 Å². The van der Waals surface area contributed by atoms with Crippen molar-refractivity contribution < 1.29 is 9.53 Å². The third-order valence-corrected chi connectivity index (χ3v) is 6.35. The van der Waals surface area contributed by atoms with Crippen LogP contribution < -0.4 is 10.1 Å². The first-order chi connectivity index (χ1) is 18.2. The molecule has 1 N–H and O–H groups in total. The van der Waals surface area contributed by atoms with E-state index in [4.69, 9.17) is 9.72 Å². The van der Waals surface area contributed by atoms with Gasteiger partial charge in [-0.3, -0.25) is 10.1 Å². The van der Waals surface area contributed by atoms with Gasteiger partial charge in [0.1, 0.15) is 5.75 Å². The molecule has 1 aromatic heterocycles. The van der Waals surface area contributed by atoms with E-state index in [0.29, 0.717) is 30.9 Å². The maximum Gasteiger partial charge on any atom is 0.257 e. The van der Waals surface area contributed by atoms with E-state index in [1.807, 2.05) is 78.9 Å². The standard InChI is InChI=1S/C32H29N3O2/c1-37-28-19-17-26(18-20-28)23-35-30(22-25-13-7-3-8-14-25)29(21-24-11-5-2-6-12-24)33-32(35)34-31(36)27-15-9-4-10-16-27/h2-20H,21-23H2,1H3,(H,33,34,36). The lowest BCUT2D eigenvalue weighted by Crippen LogP contribution is -2.17. The second kappa shape index (κ2) is 11.4. The lowest BCUT2D eigenvalue weighted by molar-refractivity contribution is 0.102. The van der Waals surface area contributed by atoms with E-state index in [2.05, 4.69) is 46.3 Å². The quantitative estimate of drug-likeness (QED) is 0.263. The number of benzene rings is 4. The molecule has 0 fully saturated rings. The molecule has 0 bridgehead atoms. The molecule has 5 rings (SSSR count). The van der Waals surface area contributed by atoms with Crippen LogP contribution in [0.25, 0.3) is 0 Å². The maximum atomic E-state index is 13.2. The van der Waals surface area contributed by atoms with E-state index in [1.54, 1.807) is 7.11 Å². The van der Waals surface area contributed by atoms with E-state index in [9.17, 15) is 4.79 Å². The van der Waals surface area contributed by atoms with E-state index < -0.39 is 0 Å². The molecule has 0 aliphatic carbocycles. The Morgan fingerprint density at radius 3 is 1.89 bits per heavy atom. The molecule has 1 amide bonds. The van der Waals surface area contributed by atoms with Crippen molar-refractivity contribution in [3.63, 3.8) is 0 Å². The molecule has 4 aromatic carbocycles. The number of hydrogen-bond acceptors (Lipinski definition) is 3. The van der Waals surface area contributed by atoms with Gasteiger partial charge in [0.05, 0.1) is 19.3 Å². The number of aromatic nitrogens is 2. The summed E-state index contributed by atoms with van der Waals surface area (Å²) in [6.45, 7) is 0.568. The molecule has 184 valence electrons. The fourth-order valence-electron chi connectivity index (χ4n) is 4.40. The number of amides is 1. The number of anilines is 1. The molecule has 5 aromatic rings. The van der Waals surface area contributed by atoms with Crippen molar-refractivity contribution in [3.8, 4) is 5.75 Å². The highest BCUT2D eigenvalue weighted by Crippen LogP contribution is 2.25. The fourth-order valence-corrected chi connectivity index (χ4v) is 4.40. The highest BCUT2D eigenvalue weighted by molar-refractivity contribution is 6.03. The minimum absolute atomic E-state index is 0.181. The Hall–Kier alpha value is -4.64. The molecule has 0 radical (unpaired) electrons. The van der Waals surface area contributed by atoms with Gasteiger partial charge < -0.3 is 9.30 Å². The zero-order valence-electron chi connectivity index (χ0n) is 20.8. The van der Waals surface area contributed by atoms with E-state index >= 15 is 0 Å². The van der Waals surface area contributed by atoms with Gasteiger partial charge in [0.2, 0.25) is 5.95 Å². The number of carbonyl (C=O) groups excluding carboxylic acids is 1. The van der Waals surface area contributed by atoms with Crippen LogP contribution in [-0.4, -0.2) is 22.6 Å². The Morgan fingerprint density at radius 2 is 1.30 bits per heavy atom. The second-order valence-corrected chi connectivity index (χ2v) is 8.91. The second-order valence-electron chi connectivity index (χ2n) is 8.91. The summed E-state index contributed by atoms with van der Waals surface area (Å²) in [5.74, 6) is 1.17. The zero-order chi connectivity index (χ0) is 25.5. The number of rotatable bonds is 9. The maximum absolute atomic E-state index is 13.2. The van der Waals surface area contributed by atoms with Crippen molar-refractivity contribution in [2.24, 2.45) is 0 Å². The van der Waals surface area contributed by atoms with Crippen molar-refractivity contribution in [3.05, 3.63) is 149 Å². The summed E-state index contributed by atoms with van der Waals surface area (Å²) in [7, 11) is 1.66. The van der Waals surface area contributed by atoms with Crippen LogP contribution in [0.4, 0.5) is 5.95 Å². The van der Waals surface area contributed by atoms with Crippen molar-refractivity contribution in [1.82, 2.24) is 9.55 Å². The molecule has 0 saturated heterocycles. The number of nitrogens with zero attached hydrogens (tertiary/aromatic N) is 2. The number of nitrogens with one attached hydrogen (secondary N) is 1. The van der Waals surface area contributed by atoms with Gasteiger partial charge in [-0.15, -0.1) is 0 Å². The van der Waals surface area contributed by atoms with Crippen molar-refractivity contribution in [2.75, 3.05) is 12.4 Å². The van der Waals surface area contributed by atoms with Gasteiger partial charge >= 0.3 is 0 Å². The van der Waals surface area contributed by atoms with Gasteiger partial charge in [0, 0.05) is 24.1 Å². The molecule has 37 heavy (non-hydrogen) atoms. The van der Waals surface area contributed by atoms with Gasteiger partial charge in [-0.2, -0.15) is 0 Å². The minimum Gasteiger partial charge on any atom is -0.497 e. The first-order valence-electron chi connectivity index (χ1n) is 12.3. The summed E-state index contributed by atoms with van der Waals surface area (Å²) in [6.07, 6.45) is 1.38. The highest BCUT2D eigenvalue weighted by Gasteiger charge is 2.20. The van der Waals surface area contributed by atoms with Crippen LogP contribution in [0.5, 0.6) is 5.75 Å². The summed E-state index contributed by atoms with van der Waals surface area (Å²) in [6, 6.07) is 37.9. The lowest BCUT2D eigenvalue weighted by atomic mass is 10.0. The predicted molar refractivity (Wildman–Crippen MR) is 147 cm³/mol. The minimum atomic E-state index is -0.181. The predicted octanol–water partition coefficient (Wildman–Crippen LogP) is 6.37. The Kier molecular flexibility index (Phi) is 7.42. The largest absolute Gasteiger partial charge is 0.497 e. The third kappa shape index (κ3) is 5.96. The topological polar surface area (TPSA) is 56.1 Å². The first kappa shape index (κ1) is 24.1. The summed E-state index contributed by atoms with van der Waals surface area (Å²) < 4.78 is 7.47. The molecule has 1 heterocycles. The summed E-state index contributed by atoms with van der Waals surface area (Å²) in [4.78, 5) is 18.2. The zero-order valence-corrected chi connectivity index (χ0v) is 20.8. The van der Waals surface area contributed by atoms with Gasteiger partial charge in [-0.05, 0) is 41.0 Å². The first-order valence-corrected chi connectivity index (χ1v) is 12.3. The van der Waals surface area contributed by atoms with Crippen LogP contribution in [0.15, 0.2) is 115 Å². The highest BCUT2D eigenvalue weighted by atomic mass is 16.5. The van der Waals surface area contributed by atoms with E-state index in [-0.39, 0.29) is 5.91 Å². The molecule has 0 saturated carbocycles. The van der Waals surface area contributed by atoms with Crippen LogP contribution in [0, 0.1) is 0 Å². The Bertz CT molecular complexity index is 1450. The van der Waals surface area contributed by atoms with E-state index in [1.165, 1.54) is 11.1 Å². The van der Waals surface area contributed by atoms with E-state index in [0.717, 1.165) is 22.7 Å². The smallest absolute Gasteiger partial charge is 0.257 e. The van der Waals surface area contributed by atoms with Crippen LogP contribution >= 0.6 is 0 Å². The van der Waals surface area contributed by atoms with Gasteiger partial charge in [0.25, 0.3) is 5.91 Å². The summed E-state index contributed by atoms with van der Waals surface area (Å²) in [5, 5.41) is 3.09. The average molecular weight is 488 g/mol. The lowest BCUT2D eigenvalue weighted by Gasteiger charge is -2.14. The monoisotopic (exact) mass is 487 g/mol. The summed E-state index contributed by atoms with van der Waals surface area (Å²) in [5.41, 5.74) is 6.08. The third-order valence-electron chi connectivity index (χ3n) is 6.35. The molecule has 0 atom stereocenters. The Labute approximate surface area is 217 Å². The number of methoxy groups -OCH3 is 1. The van der Waals surface area contributed by atoms with Crippen LogP contribution in [0.1, 0.15) is 38.4 Å². The van der Waals surface area contributed by atoms with Crippen LogP contribution in [0.2, 0.25) is 0 Å². The number of hydrogen-bond donors (Lipinski definition) is 1. The molecular formula is C32H29N3O2. The molecule has 5 nitrogen and oxygen atoms in total. The van der Waals surface area contributed by atoms with Gasteiger partial charge in [-0.1, -0.05) is 91.0 Å². The Morgan fingerprint density at radius 1 is 0.730 bits per heavy atom. The summed E-state index contributed by atoms with van der Waals surface area (Å²) >= 11 is 0. The fraction of sp³-hybridized carbons (Fsp3) is 0.125. The molecule has 0 aliphatic heterocycles. The number of imidazole rings is 1. The van der Waals surface area contributed by atoms with Gasteiger partial charge in [-0.25, -0.2) is 4.98 Å². The molecule has 5 heteroatoms. The van der Waals surface area contributed by atoms with Crippen molar-refractivity contribution >= 4 is 11.9 Å². The van der Waals surface area contributed by atoms with Gasteiger partial charge in [0.15, 0.2) is 0 Å². The van der Waals surface area contributed by atoms with Crippen molar-refractivity contribution in [2.45, 2.75) is 19.4 Å². The van der Waals surface area contributed by atoms with Crippen LogP contribution in [-0.2, 0) is 19.4 Å². The number of ether oxygens (including phenoxy) is 1. The molecule has 0 aliphatic rings. The Balaban J connectivity index is 1.58. The SMILES string of the molecule is COc1ccc(Cn2c(NC(=O)c3ccccc3)nc(Cc3ccccc3)c2Cc2ccccc2)cc1. The average Bonchev–Trinajstić information content (AvgIpc) is 3.25. The molecular weight excluding hydrogens is 458 g/mol.